The van der Waals surface area contributed by atoms with Crippen molar-refractivity contribution in [3.05, 3.63) is 50.9 Å². The van der Waals surface area contributed by atoms with Gasteiger partial charge in [0.15, 0.2) is 0 Å². The fourth-order valence-corrected chi connectivity index (χ4v) is 3.12. The van der Waals surface area contributed by atoms with Crippen molar-refractivity contribution >= 4 is 27.3 Å². The Labute approximate surface area is 121 Å². The fourth-order valence-electron chi connectivity index (χ4n) is 1.90. The summed E-state index contributed by atoms with van der Waals surface area (Å²) in [5.74, 6) is 0. The molecule has 0 fully saturated rings. The lowest BCUT2D eigenvalue weighted by Gasteiger charge is -2.16. The molecule has 2 nitrogen and oxygen atoms in total. The molecule has 2 heterocycles. The molecule has 2 aromatic rings. The van der Waals surface area contributed by atoms with Crippen LogP contribution in [0.3, 0.4) is 0 Å². The number of aromatic nitrogens is 1. The van der Waals surface area contributed by atoms with Gasteiger partial charge in [-0.25, -0.2) is 4.98 Å². The highest BCUT2D eigenvalue weighted by Gasteiger charge is 2.11. The highest BCUT2D eigenvalue weighted by Crippen LogP contribution is 2.23. The Kier molecular flexibility index (Phi) is 5.35. The number of thiophene rings is 1. The Hall–Kier alpha value is -0.710. The molecule has 0 spiro atoms. The summed E-state index contributed by atoms with van der Waals surface area (Å²) < 4.78 is 0.893. The van der Waals surface area contributed by atoms with E-state index in [-0.39, 0.29) is 0 Å². The van der Waals surface area contributed by atoms with Crippen molar-refractivity contribution in [2.24, 2.45) is 0 Å². The molecule has 0 amide bonds. The summed E-state index contributed by atoms with van der Waals surface area (Å²) in [5, 5.41) is 5.73. The molecule has 0 aliphatic heterocycles. The SMILES string of the molecule is CCCC(NCc1cccc(Br)n1)c1cccs1. The number of pyridine rings is 1. The maximum absolute atomic E-state index is 4.44. The normalized spacial score (nSPS) is 12.6. The molecule has 0 aromatic carbocycles. The minimum absolute atomic E-state index is 0.441. The van der Waals surface area contributed by atoms with Crippen LogP contribution in [0.25, 0.3) is 0 Å². The molecule has 0 aliphatic rings. The third-order valence-corrected chi connectivity index (χ3v) is 4.19. The van der Waals surface area contributed by atoms with E-state index in [1.165, 1.54) is 11.3 Å². The van der Waals surface area contributed by atoms with Gasteiger partial charge in [0.1, 0.15) is 4.60 Å². The lowest BCUT2D eigenvalue weighted by Crippen LogP contribution is -2.20. The summed E-state index contributed by atoms with van der Waals surface area (Å²) >= 11 is 5.22. The summed E-state index contributed by atoms with van der Waals surface area (Å²) in [6.45, 7) is 3.03. The Morgan fingerprint density at radius 2 is 2.22 bits per heavy atom. The summed E-state index contributed by atoms with van der Waals surface area (Å²) in [4.78, 5) is 5.85. The van der Waals surface area contributed by atoms with Crippen LogP contribution in [0.2, 0.25) is 0 Å². The molecular weight excluding hydrogens is 308 g/mol. The van der Waals surface area contributed by atoms with Crippen molar-refractivity contribution in [3.8, 4) is 0 Å². The summed E-state index contributed by atoms with van der Waals surface area (Å²) in [6.07, 6.45) is 2.34. The first-order chi connectivity index (χ1) is 8.79. The van der Waals surface area contributed by atoms with Gasteiger partial charge in [0.2, 0.25) is 0 Å². The van der Waals surface area contributed by atoms with Gasteiger partial charge in [-0.05, 0) is 45.9 Å². The van der Waals surface area contributed by atoms with Crippen LogP contribution in [0.4, 0.5) is 0 Å². The molecular formula is C14H17BrN2S. The van der Waals surface area contributed by atoms with Crippen LogP contribution in [0, 0.1) is 0 Å². The fraction of sp³-hybridized carbons (Fsp3) is 0.357. The molecule has 0 saturated carbocycles. The maximum atomic E-state index is 4.44. The maximum Gasteiger partial charge on any atom is 0.106 e. The van der Waals surface area contributed by atoms with Gasteiger partial charge in [0.25, 0.3) is 0 Å². The summed E-state index contributed by atoms with van der Waals surface area (Å²) in [6, 6.07) is 10.8. The molecule has 1 atom stereocenters. The minimum atomic E-state index is 0.441. The second-order valence-corrected chi connectivity index (χ2v) is 5.98. The third kappa shape index (κ3) is 3.90. The van der Waals surface area contributed by atoms with E-state index in [1.807, 2.05) is 23.5 Å². The van der Waals surface area contributed by atoms with Crippen molar-refractivity contribution < 1.29 is 0 Å². The lowest BCUT2D eigenvalue weighted by molar-refractivity contribution is 0.496. The van der Waals surface area contributed by atoms with Crippen molar-refractivity contribution in [2.75, 3.05) is 0 Å². The van der Waals surface area contributed by atoms with Gasteiger partial charge in [-0.2, -0.15) is 0 Å². The van der Waals surface area contributed by atoms with Gasteiger partial charge >= 0.3 is 0 Å². The summed E-state index contributed by atoms with van der Waals surface area (Å²) in [7, 11) is 0. The lowest BCUT2D eigenvalue weighted by atomic mass is 10.1. The quantitative estimate of drug-likeness (QED) is 0.789. The van der Waals surface area contributed by atoms with E-state index < -0.39 is 0 Å². The molecule has 1 N–H and O–H groups in total. The standard InChI is InChI=1S/C14H17BrN2S/c1-2-5-12(13-7-4-9-18-13)16-10-11-6-3-8-14(15)17-11/h3-4,6-9,12,16H,2,5,10H2,1H3. The van der Waals surface area contributed by atoms with Gasteiger partial charge < -0.3 is 5.32 Å². The van der Waals surface area contributed by atoms with E-state index in [0.717, 1.165) is 23.3 Å². The Morgan fingerprint density at radius 1 is 1.33 bits per heavy atom. The highest BCUT2D eigenvalue weighted by molar-refractivity contribution is 9.10. The number of nitrogens with one attached hydrogen (secondary N) is 1. The molecule has 1 unspecified atom stereocenters. The molecule has 0 aliphatic carbocycles. The van der Waals surface area contributed by atoms with E-state index >= 15 is 0 Å². The van der Waals surface area contributed by atoms with Crippen LogP contribution in [-0.2, 0) is 6.54 Å². The van der Waals surface area contributed by atoms with Gasteiger partial charge in [-0.3, -0.25) is 0 Å². The largest absolute Gasteiger partial charge is 0.304 e. The van der Waals surface area contributed by atoms with Gasteiger partial charge in [0.05, 0.1) is 5.69 Å². The zero-order valence-electron chi connectivity index (χ0n) is 10.4. The van der Waals surface area contributed by atoms with Gasteiger partial charge in [-0.1, -0.05) is 25.5 Å². The van der Waals surface area contributed by atoms with Crippen molar-refractivity contribution in [3.63, 3.8) is 0 Å². The van der Waals surface area contributed by atoms with Crippen LogP contribution < -0.4 is 5.32 Å². The first-order valence-corrected chi connectivity index (χ1v) is 7.85. The zero-order chi connectivity index (χ0) is 12.8. The van der Waals surface area contributed by atoms with Crippen molar-refractivity contribution in [2.45, 2.75) is 32.4 Å². The Balaban J connectivity index is 1.98. The highest BCUT2D eigenvalue weighted by atomic mass is 79.9. The first kappa shape index (κ1) is 13.7. The van der Waals surface area contributed by atoms with E-state index in [9.17, 15) is 0 Å². The topological polar surface area (TPSA) is 24.9 Å². The predicted octanol–water partition coefficient (Wildman–Crippen LogP) is 4.54. The Morgan fingerprint density at radius 3 is 2.89 bits per heavy atom. The minimum Gasteiger partial charge on any atom is -0.304 e. The van der Waals surface area contributed by atoms with Crippen molar-refractivity contribution in [1.82, 2.24) is 10.3 Å². The molecule has 4 heteroatoms. The molecule has 0 bridgehead atoms. The molecule has 18 heavy (non-hydrogen) atoms. The monoisotopic (exact) mass is 324 g/mol. The van der Waals surface area contributed by atoms with E-state index in [2.05, 4.69) is 56.7 Å². The van der Waals surface area contributed by atoms with Crippen LogP contribution in [0.5, 0.6) is 0 Å². The van der Waals surface area contributed by atoms with E-state index in [4.69, 9.17) is 0 Å². The van der Waals surface area contributed by atoms with Crippen LogP contribution in [-0.4, -0.2) is 4.98 Å². The average Bonchev–Trinajstić information content (AvgIpc) is 2.88. The number of hydrogen-bond acceptors (Lipinski definition) is 3. The molecule has 2 aromatic heterocycles. The number of nitrogens with zero attached hydrogens (tertiary/aromatic N) is 1. The number of halogens is 1. The summed E-state index contributed by atoms with van der Waals surface area (Å²) in [5.41, 5.74) is 1.07. The average molecular weight is 325 g/mol. The van der Waals surface area contributed by atoms with Crippen molar-refractivity contribution in [1.29, 1.82) is 0 Å². The third-order valence-electron chi connectivity index (χ3n) is 2.77. The van der Waals surface area contributed by atoms with Crippen LogP contribution >= 0.6 is 27.3 Å². The second kappa shape index (κ2) is 7.02. The molecule has 0 radical (unpaired) electrons. The van der Waals surface area contributed by atoms with Gasteiger partial charge in [-0.15, -0.1) is 11.3 Å². The first-order valence-electron chi connectivity index (χ1n) is 6.18. The molecule has 2 rings (SSSR count). The van der Waals surface area contributed by atoms with Crippen LogP contribution in [0.1, 0.15) is 36.4 Å². The van der Waals surface area contributed by atoms with E-state index in [1.54, 1.807) is 0 Å². The smallest absolute Gasteiger partial charge is 0.106 e. The van der Waals surface area contributed by atoms with Crippen LogP contribution in [0.15, 0.2) is 40.3 Å². The van der Waals surface area contributed by atoms with Gasteiger partial charge in [0, 0.05) is 17.5 Å². The predicted molar refractivity (Wildman–Crippen MR) is 80.7 cm³/mol. The second-order valence-electron chi connectivity index (χ2n) is 4.19. The zero-order valence-corrected chi connectivity index (χ0v) is 12.8. The molecule has 96 valence electrons. The molecule has 0 saturated heterocycles. The van der Waals surface area contributed by atoms with E-state index in [0.29, 0.717) is 6.04 Å². The number of rotatable bonds is 6. The Bertz CT molecular complexity index is 470. The number of hydrogen-bond donors (Lipinski definition) is 1.